The van der Waals surface area contributed by atoms with Gasteiger partial charge in [-0.3, -0.25) is 0 Å². The summed E-state index contributed by atoms with van der Waals surface area (Å²) in [6.07, 6.45) is 3.30. The topological polar surface area (TPSA) is 49.7 Å². The van der Waals surface area contributed by atoms with Crippen molar-refractivity contribution in [2.75, 3.05) is 13.2 Å². The number of hydrogen-bond acceptors (Lipinski definition) is 3. The Balaban J connectivity index is 2.22. The first-order valence-corrected chi connectivity index (χ1v) is 4.94. The van der Waals surface area contributed by atoms with Gasteiger partial charge in [-0.15, -0.1) is 0 Å². The number of rotatable bonds is 6. The van der Waals surface area contributed by atoms with Gasteiger partial charge in [0.25, 0.3) is 0 Å². The van der Waals surface area contributed by atoms with Crippen molar-refractivity contribution in [3.8, 4) is 5.75 Å². The van der Waals surface area contributed by atoms with E-state index in [-0.39, 0.29) is 13.2 Å². The summed E-state index contributed by atoms with van der Waals surface area (Å²) in [6, 6.07) is 9.36. The van der Waals surface area contributed by atoms with Crippen molar-refractivity contribution >= 4 is 0 Å². The van der Waals surface area contributed by atoms with E-state index in [1.807, 2.05) is 30.3 Å². The van der Waals surface area contributed by atoms with Gasteiger partial charge >= 0.3 is 0 Å². The van der Waals surface area contributed by atoms with Gasteiger partial charge in [0.05, 0.1) is 12.7 Å². The molecule has 0 saturated heterocycles. The van der Waals surface area contributed by atoms with Crippen LogP contribution in [0, 0.1) is 0 Å². The zero-order valence-electron chi connectivity index (χ0n) is 8.54. The Kier molecular flexibility index (Phi) is 5.51. The molecule has 0 spiro atoms. The van der Waals surface area contributed by atoms with Gasteiger partial charge in [0.2, 0.25) is 0 Å². The lowest BCUT2D eigenvalue weighted by Crippen LogP contribution is -2.16. The Morgan fingerprint density at radius 2 is 1.93 bits per heavy atom. The molecule has 3 heteroatoms. The van der Waals surface area contributed by atoms with Crippen LogP contribution < -0.4 is 4.74 Å². The molecule has 0 bridgehead atoms. The lowest BCUT2D eigenvalue weighted by Gasteiger charge is -2.10. The molecule has 1 aromatic rings. The van der Waals surface area contributed by atoms with Crippen LogP contribution >= 0.6 is 0 Å². The highest BCUT2D eigenvalue weighted by molar-refractivity contribution is 5.20. The Morgan fingerprint density at radius 3 is 2.60 bits per heavy atom. The minimum atomic E-state index is -0.534. The minimum absolute atomic E-state index is 0.00621. The SMILES string of the molecule is OC/C=C\C[C@H](O)COc1ccccc1. The van der Waals surface area contributed by atoms with Crippen LogP contribution in [0.15, 0.2) is 42.5 Å². The van der Waals surface area contributed by atoms with Gasteiger partial charge in [-0.2, -0.15) is 0 Å². The highest BCUT2D eigenvalue weighted by Gasteiger charge is 2.02. The Hall–Kier alpha value is -1.32. The average Bonchev–Trinajstić information content (AvgIpc) is 2.28. The molecule has 0 radical (unpaired) electrons. The van der Waals surface area contributed by atoms with E-state index < -0.39 is 6.10 Å². The second kappa shape index (κ2) is 7.04. The Morgan fingerprint density at radius 1 is 1.20 bits per heavy atom. The fraction of sp³-hybridized carbons (Fsp3) is 0.333. The summed E-state index contributed by atoms with van der Waals surface area (Å²) < 4.78 is 5.35. The molecule has 82 valence electrons. The predicted octanol–water partition coefficient (Wildman–Crippen LogP) is 1.36. The van der Waals surface area contributed by atoms with Gasteiger partial charge in [0.15, 0.2) is 0 Å². The van der Waals surface area contributed by atoms with Crippen LogP contribution in [-0.2, 0) is 0 Å². The maximum absolute atomic E-state index is 9.48. The third-order valence-electron chi connectivity index (χ3n) is 1.87. The van der Waals surface area contributed by atoms with Crippen molar-refractivity contribution in [1.29, 1.82) is 0 Å². The number of benzene rings is 1. The Bertz CT molecular complexity index is 282. The molecule has 2 N–H and O–H groups in total. The molecule has 1 rings (SSSR count). The summed E-state index contributed by atoms with van der Waals surface area (Å²) in [7, 11) is 0. The monoisotopic (exact) mass is 208 g/mol. The molecule has 1 aromatic carbocycles. The maximum Gasteiger partial charge on any atom is 0.119 e. The molecule has 0 heterocycles. The van der Waals surface area contributed by atoms with E-state index in [0.717, 1.165) is 5.75 Å². The highest BCUT2D eigenvalue weighted by Crippen LogP contribution is 2.09. The van der Waals surface area contributed by atoms with Crippen molar-refractivity contribution in [2.45, 2.75) is 12.5 Å². The second-order valence-electron chi connectivity index (χ2n) is 3.17. The van der Waals surface area contributed by atoms with Crippen molar-refractivity contribution in [3.05, 3.63) is 42.5 Å². The first-order valence-electron chi connectivity index (χ1n) is 4.94. The number of aliphatic hydroxyl groups is 2. The van der Waals surface area contributed by atoms with E-state index >= 15 is 0 Å². The largest absolute Gasteiger partial charge is 0.491 e. The minimum Gasteiger partial charge on any atom is -0.491 e. The van der Waals surface area contributed by atoms with E-state index in [1.54, 1.807) is 12.2 Å². The molecule has 0 aliphatic heterocycles. The van der Waals surface area contributed by atoms with E-state index in [1.165, 1.54) is 0 Å². The standard InChI is InChI=1S/C12H16O3/c13-9-5-4-6-11(14)10-15-12-7-2-1-3-8-12/h1-5,7-8,11,13-14H,6,9-10H2/b5-4-/t11-/m0/s1. The van der Waals surface area contributed by atoms with Crippen molar-refractivity contribution < 1.29 is 14.9 Å². The van der Waals surface area contributed by atoms with Crippen LogP contribution in [0.5, 0.6) is 5.75 Å². The van der Waals surface area contributed by atoms with E-state index in [2.05, 4.69) is 0 Å². The fourth-order valence-corrected chi connectivity index (χ4v) is 1.11. The third kappa shape index (κ3) is 5.20. The second-order valence-corrected chi connectivity index (χ2v) is 3.17. The average molecular weight is 208 g/mol. The first kappa shape index (κ1) is 11.8. The lowest BCUT2D eigenvalue weighted by molar-refractivity contribution is 0.110. The predicted molar refractivity (Wildman–Crippen MR) is 58.8 cm³/mol. The summed E-state index contributed by atoms with van der Waals surface area (Å²) in [5, 5.41) is 18.0. The zero-order chi connectivity index (χ0) is 10.9. The smallest absolute Gasteiger partial charge is 0.119 e. The van der Waals surface area contributed by atoms with Crippen molar-refractivity contribution in [3.63, 3.8) is 0 Å². The van der Waals surface area contributed by atoms with Gasteiger partial charge in [0, 0.05) is 0 Å². The van der Waals surface area contributed by atoms with Crippen LogP contribution in [0.4, 0.5) is 0 Å². The summed E-state index contributed by atoms with van der Waals surface area (Å²) in [6.45, 7) is 0.270. The van der Waals surface area contributed by atoms with Gasteiger partial charge in [-0.25, -0.2) is 0 Å². The summed E-state index contributed by atoms with van der Waals surface area (Å²) in [5.74, 6) is 0.752. The normalized spacial score (nSPS) is 12.9. The zero-order valence-corrected chi connectivity index (χ0v) is 8.54. The summed E-state index contributed by atoms with van der Waals surface area (Å²) >= 11 is 0. The van der Waals surface area contributed by atoms with Crippen LogP contribution in [0.2, 0.25) is 0 Å². The van der Waals surface area contributed by atoms with Crippen LogP contribution in [-0.4, -0.2) is 29.5 Å². The first-order chi connectivity index (χ1) is 7.33. The number of aliphatic hydroxyl groups excluding tert-OH is 2. The third-order valence-corrected chi connectivity index (χ3v) is 1.87. The molecule has 0 unspecified atom stereocenters. The van der Waals surface area contributed by atoms with Crippen molar-refractivity contribution in [1.82, 2.24) is 0 Å². The number of ether oxygens (including phenoxy) is 1. The van der Waals surface area contributed by atoms with E-state index in [9.17, 15) is 5.11 Å². The molecule has 0 aliphatic rings. The van der Waals surface area contributed by atoms with Crippen LogP contribution in [0.3, 0.4) is 0 Å². The fourth-order valence-electron chi connectivity index (χ4n) is 1.11. The van der Waals surface area contributed by atoms with Gasteiger partial charge in [-0.1, -0.05) is 30.4 Å². The van der Waals surface area contributed by atoms with Gasteiger partial charge in [-0.05, 0) is 18.6 Å². The molecule has 15 heavy (non-hydrogen) atoms. The quantitative estimate of drug-likeness (QED) is 0.694. The molecular formula is C12H16O3. The summed E-state index contributed by atoms with van der Waals surface area (Å²) in [4.78, 5) is 0. The van der Waals surface area contributed by atoms with E-state index in [4.69, 9.17) is 9.84 Å². The molecule has 0 fully saturated rings. The van der Waals surface area contributed by atoms with Gasteiger partial charge < -0.3 is 14.9 Å². The number of hydrogen-bond donors (Lipinski definition) is 2. The highest BCUT2D eigenvalue weighted by atomic mass is 16.5. The van der Waals surface area contributed by atoms with Crippen LogP contribution in [0.25, 0.3) is 0 Å². The number of para-hydroxylation sites is 1. The molecule has 0 aromatic heterocycles. The van der Waals surface area contributed by atoms with E-state index in [0.29, 0.717) is 6.42 Å². The molecular weight excluding hydrogens is 192 g/mol. The molecule has 0 saturated carbocycles. The maximum atomic E-state index is 9.48. The molecule has 3 nitrogen and oxygen atoms in total. The van der Waals surface area contributed by atoms with Gasteiger partial charge in [0.1, 0.15) is 12.4 Å². The lowest BCUT2D eigenvalue weighted by atomic mass is 10.2. The van der Waals surface area contributed by atoms with Crippen molar-refractivity contribution in [2.24, 2.45) is 0 Å². The molecule has 0 amide bonds. The summed E-state index contributed by atoms with van der Waals surface area (Å²) in [5.41, 5.74) is 0. The Labute approximate surface area is 89.6 Å². The van der Waals surface area contributed by atoms with Crippen LogP contribution in [0.1, 0.15) is 6.42 Å². The molecule has 0 aliphatic carbocycles. The molecule has 1 atom stereocenters.